The van der Waals surface area contributed by atoms with Crippen molar-refractivity contribution in [2.75, 3.05) is 10.8 Å². The largest absolute Gasteiger partial charge is 0.352 e. The molecule has 2 amide bonds. The fourth-order valence-corrected chi connectivity index (χ4v) is 6.29. The van der Waals surface area contributed by atoms with Gasteiger partial charge < -0.3 is 10.2 Å². The van der Waals surface area contributed by atoms with E-state index in [4.69, 9.17) is 0 Å². The van der Waals surface area contributed by atoms with Crippen LogP contribution < -0.4 is 9.62 Å². The molecule has 1 N–H and O–H groups in total. The van der Waals surface area contributed by atoms with E-state index >= 15 is 0 Å². The highest BCUT2D eigenvalue weighted by Gasteiger charge is 2.35. The van der Waals surface area contributed by atoms with E-state index in [1.807, 2.05) is 75.4 Å². The zero-order chi connectivity index (χ0) is 31.7. The third-order valence-corrected chi connectivity index (χ3v) is 9.22. The van der Waals surface area contributed by atoms with Gasteiger partial charge in [-0.1, -0.05) is 85.3 Å². The van der Waals surface area contributed by atoms with Crippen molar-refractivity contribution in [2.45, 2.75) is 57.1 Å². The number of nitrogens with one attached hydrogen (secondary N) is 1. The van der Waals surface area contributed by atoms with E-state index < -0.39 is 34.3 Å². The zero-order valence-electron chi connectivity index (χ0n) is 25.2. The topological polar surface area (TPSA) is 86.8 Å². The number of hydrogen-bond acceptors (Lipinski definition) is 4. The third kappa shape index (κ3) is 8.32. The first-order valence-corrected chi connectivity index (χ1v) is 16.0. The van der Waals surface area contributed by atoms with Crippen molar-refractivity contribution in [1.82, 2.24) is 10.2 Å². The number of nitrogens with zero attached hydrogens (tertiary/aromatic N) is 2. The number of hydrogen-bond donors (Lipinski definition) is 1. The molecule has 230 valence electrons. The standard InChI is InChI=1S/C35H38FN3O4S/c1-4-27(3)37-35(41)33(23-28-13-7-5-8-14-28)38(24-29-15-11-12-26(2)22-29)34(40)25-39(31-20-18-30(36)19-21-31)44(42,43)32-16-9-6-10-17-32/h5-22,27,33H,4,23-25H2,1-3H3,(H,37,41)/t27-,33-/m0/s1. The lowest BCUT2D eigenvalue weighted by molar-refractivity contribution is -0.140. The molecule has 0 unspecified atom stereocenters. The van der Waals surface area contributed by atoms with Crippen molar-refractivity contribution in [3.63, 3.8) is 0 Å². The van der Waals surface area contributed by atoms with Crippen molar-refractivity contribution in [2.24, 2.45) is 0 Å². The van der Waals surface area contributed by atoms with Gasteiger partial charge in [0.1, 0.15) is 18.4 Å². The summed E-state index contributed by atoms with van der Waals surface area (Å²) >= 11 is 0. The molecule has 4 rings (SSSR count). The SMILES string of the molecule is CC[C@H](C)NC(=O)[C@H](Cc1ccccc1)N(Cc1cccc(C)c1)C(=O)CN(c1ccc(F)cc1)S(=O)(=O)c1ccccc1. The van der Waals surface area contributed by atoms with Crippen molar-refractivity contribution < 1.29 is 22.4 Å². The van der Waals surface area contributed by atoms with Gasteiger partial charge in [0.15, 0.2) is 0 Å². The molecule has 0 aliphatic carbocycles. The quantitative estimate of drug-likeness (QED) is 0.203. The maximum Gasteiger partial charge on any atom is 0.264 e. The normalized spacial score (nSPS) is 12.6. The van der Waals surface area contributed by atoms with E-state index in [9.17, 15) is 22.4 Å². The van der Waals surface area contributed by atoms with Gasteiger partial charge in [0.25, 0.3) is 10.0 Å². The lowest BCUT2D eigenvalue weighted by Gasteiger charge is -2.34. The smallest absolute Gasteiger partial charge is 0.264 e. The van der Waals surface area contributed by atoms with E-state index in [-0.39, 0.29) is 35.5 Å². The first-order chi connectivity index (χ1) is 21.1. The van der Waals surface area contributed by atoms with Crippen LogP contribution in [0.15, 0.2) is 114 Å². The molecule has 0 fully saturated rings. The van der Waals surface area contributed by atoms with Crippen LogP contribution in [-0.4, -0.2) is 43.8 Å². The summed E-state index contributed by atoms with van der Waals surface area (Å²) in [5.74, 6) is -1.44. The number of rotatable bonds is 13. The summed E-state index contributed by atoms with van der Waals surface area (Å²) < 4.78 is 42.7. The van der Waals surface area contributed by atoms with Crippen LogP contribution in [0.4, 0.5) is 10.1 Å². The minimum Gasteiger partial charge on any atom is -0.352 e. The van der Waals surface area contributed by atoms with Crippen LogP contribution in [-0.2, 0) is 32.6 Å². The number of amides is 2. The highest BCUT2D eigenvalue weighted by molar-refractivity contribution is 7.92. The number of anilines is 1. The Hall–Kier alpha value is -4.50. The molecule has 0 heterocycles. The van der Waals surface area contributed by atoms with Gasteiger partial charge in [0, 0.05) is 19.0 Å². The first kappa shape index (κ1) is 32.4. The lowest BCUT2D eigenvalue weighted by Crippen LogP contribution is -2.54. The predicted molar refractivity (Wildman–Crippen MR) is 171 cm³/mol. The molecular formula is C35H38FN3O4S. The molecule has 4 aromatic rings. The molecule has 4 aromatic carbocycles. The molecule has 7 nitrogen and oxygen atoms in total. The predicted octanol–water partition coefficient (Wildman–Crippen LogP) is 5.88. The number of aryl methyl sites for hydroxylation is 1. The average Bonchev–Trinajstić information content (AvgIpc) is 3.02. The Kier molecular flexibility index (Phi) is 10.9. The zero-order valence-corrected chi connectivity index (χ0v) is 26.0. The third-order valence-electron chi connectivity index (χ3n) is 7.43. The summed E-state index contributed by atoms with van der Waals surface area (Å²) in [6.07, 6.45) is 0.923. The van der Waals surface area contributed by atoms with Crippen LogP contribution in [0.2, 0.25) is 0 Å². The lowest BCUT2D eigenvalue weighted by atomic mass is 10.0. The molecular weight excluding hydrogens is 577 g/mol. The first-order valence-electron chi connectivity index (χ1n) is 14.6. The van der Waals surface area contributed by atoms with Crippen LogP contribution in [0.1, 0.15) is 37.0 Å². The van der Waals surface area contributed by atoms with Gasteiger partial charge >= 0.3 is 0 Å². The Balaban J connectivity index is 1.80. The summed E-state index contributed by atoms with van der Waals surface area (Å²) in [5, 5.41) is 3.02. The Morgan fingerprint density at radius 3 is 2.07 bits per heavy atom. The molecule has 44 heavy (non-hydrogen) atoms. The molecule has 0 bridgehead atoms. The van der Waals surface area contributed by atoms with Gasteiger partial charge in [0.2, 0.25) is 11.8 Å². The maximum absolute atomic E-state index is 14.4. The number of halogens is 1. The van der Waals surface area contributed by atoms with Gasteiger partial charge in [-0.05, 0) is 67.8 Å². The molecule has 0 saturated carbocycles. The van der Waals surface area contributed by atoms with Gasteiger partial charge in [-0.2, -0.15) is 0 Å². The summed E-state index contributed by atoms with van der Waals surface area (Å²) in [6.45, 7) is 5.27. The van der Waals surface area contributed by atoms with Crippen molar-refractivity contribution in [3.05, 3.63) is 132 Å². The van der Waals surface area contributed by atoms with E-state index in [2.05, 4.69) is 5.32 Å². The number of carbonyl (C=O) groups excluding carboxylic acids is 2. The minimum atomic E-state index is -4.24. The van der Waals surface area contributed by atoms with Crippen molar-refractivity contribution >= 4 is 27.5 Å². The second-order valence-corrected chi connectivity index (χ2v) is 12.7. The average molecular weight is 616 g/mol. The molecule has 0 saturated heterocycles. The molecule has 0 aliphatic rings. The number of sulfonamides is 1. The molecule has 0 aliphatic heterocycles. The Labute approximate surface area is 259 Å². The summed E-state index contributed by atoms with van der Waals surface area (Å²) in [6, 6.07) is 28.7. The van der Waals surface area contributed by atoms with Crippen LogP contribution >= 0.6 is 0 Å². The van der Waals surface area contributed by atoms with Gasteiger partial charge in [-0.25, -0.2) is 12.8 Å². The van der Waals surface area contributed by atoms with Gasteiger partial charge in [-0.15, -0.1) is 0 Å². The molecule has 0 spiro atoms. The second kappa shape index (κ2) is 14.8. The Morgan fingerprint density at radius 2 is 1.45 bits per heavy atom. The van der Waals surface area contributed by atoms with E-state index in [1.165, 1.54) is 29.2 Å². The Bertz CT molecular complexity index is 1650. The highest BCUT2D eigenvalue weighted by Crippen LogP contribution is 2.25. The summed E-state index contributed by atoms with van der Waals surface area (Å²) in [4.78, 5) is 29.7. The van der Waals surface area contributed by atoms with Crippen molar-refractivity contribution in [1.29, 1.82) is 0 Å². The van der Waals surface area contributed by atoms with E-state index in [0.29, 0.717) is 6.42 Å². The Morgan fingerprint density at radius 1 is 0.841 bits per heavy atom. The number of carbonyl (C=O) groups is 2. The molecule has 9 heteroatoms. The van der Waals surface area contributed by atoms with Crippen LogP contribution in [0.3, 0.4) is 0 Å². The fourth-order valence-electron chi connectivity index (χ4n) is 4.86. The van der Waals surface area contributed by atoms with Crippen LogP contribution in [0.5, 0.6) is 0 Å². The van der Waals surface area contributed by atoms with Gasteiger partial charge in [0.05, 0.1) is 10.6 Å². The van der Waals surface area contributed by atoms with E-state index in [1.54, 1.807) is 18.2 Å². The minimum absolute atomic E-state index is 0.0160. The van der Waals surface area contributed by atoms with Crippen molar-refractivity contribution in [3.8, 4) is 0 Å². The van der Waals surface area contributed by atoms with E-state index in [0.717, 1.165) is 33.1 Å². The van der Waals surface area contributed by atoms with Crippen LogP contribution in [0.25, 0.3) is 0 Å². The fraction of sp³-hybridized carbons (Fsp3) is 0.257. The van der Waals surface area contributed by atoms with Crippen LogP contribution in [0, 0.1) is 12.7 Å². The summed E-state index contributed by atoms with van der Waals surface area (Å²) in [5.41, 5.74) is 2.76. The molecule has 0 aromatic heterocycles. The second-order valence-electron chi connectivity index (χ2n) is 10.8. The molecule has 0 radical (unpaired) electrons. The monoisotopic (exact) mass is 615 g/mol. The molecule has 2 atom stereocenters. The number of benzene rings is 4. The highest BCUT2D eigenvalue weighted by atomic mass is 32.2. The summed E-state index contributed by atoms with van der Waals surface area (Å²) in [7, 11) is -4.24. The van der Waals surface area contributed by atoms with Gasteiger partial charge in [-0.3, -0.25) is 13.9 Å². The maximum atomic E-state index is 14.4.